The summed E-state index contributed by atoms with van der Waals surface area (Å²) in [5.74, 6) is -7.67. The van der Waals surface area contributed by atoms with Crippen LogP contribution in [0.5, 0.6) is 0 Å². The van der Waals surface area contributed by atoms with Crippen LogP contribution < -0.4 is 0 Å². The second-order valence-electron chi connectivity index (χ2n) is 29.7. The maximum atomic E-state index is 14.5. The minimum atomic E-state index is -1.70. The van der Waals surface area contributed by atoms with Crippen molar-refractivity contribution in [3.63, 3.8) is 0 Å². The number of esters is 10. The fraction of sp³-hybridized carbons (Fsp3) is 0.347. The summed E-state index contributed by atoms with van der Waals surface area (Å²) in [6, 6.07) is 73.6. The van der Waals surface area contributed by atoms with E-state index in [1.54, 1.807) is 231 Å². The SMILES string of the molecule is COC(=O)C[C@@H](CCCCCCCCCCC[C@@H](CCCCC[C@@H](C)OC(=O)c1ccccc1)O[C@@H]1O[C@H](COC(=O)c2ccccc2)[C@@H](OC(=O)c2ccccc2)[C@H](OC(=O)c2ccccc2)[C@H]1OC(=O)c1ccccc1)O[C@@H]1O[C@H](COC(=O)c2ccccc2)[C@@H](OC(=O)c2ccccc2)[C@H](OC(=O)c2ccccc2)[C@H]1OC(=O)c1ccccc1. The molecule has 2 aliphatic rings. The zero-order chi connectivity index (χ0) is 85.6. The summed E-state index contributed by atoms with van der Waals surface area (Å²) in [4.78, 5) is 140. The van der Waals surface area contributed by atoms with Gasteiger partial charge in [-0.3, -0.25) is 4.79 Å². The molecule has 0 radical (unpaired) electrons. The molecule has 0 aromatic heterocycles. The third-order valence-electron chi connectivity index (χ3n) is 20.8. The van der Waals surface area contributed by atoms with Crippen LogP contribution in [0.15, 0.2) is 273 Å². The molecule has 2 saturated heterocycles. The van der Waals surface area contributed by atoms with Gasteiger partial charge in [-0.05, 0) is 148 Å². The number of carbonyl (C=O) groups is 10. The van der Waals surface area contributed by atoms with Crippen molar-refractivity contribution in [3.8, 4) is 0 Å². The number of hydrogen-bond acceptors (Lipinski definition) is 24. The Morgan fingerprint density at radius 2 is 0.500 bits per heavy atom. The molecule has 0 unspecified atom stereocenters. The summed E-state index contributed by atoms with van der Waals surface area (Å²) in [6.45, 7) is 0.730. The van der Waals surface area contributed by atoms with Gasteiger partial charge < -0.3 is 66.3 Å². The Balaban J connectivity index is 0.783. The molecule has 0 spiro atoms. The third-order valence-corrected chi connectivity index (χ3v) is 20.8. The molecule has 0 amide bonds. The predicted molar refractivity (Wildman–Crippen MR) is 446 cm³/mol. The fourth-order valence-corrected chi connectivity index (χ4v) is 14.3. The molecule has 11 rings (SSSR count). The molecule has 0 N–H and O–H groups in total. The molecule has 638 valence electrons. The average molecular weight is 1660 g/mol. The first kappa shape index (κ1) is 90.3. The minimum absolute atomic E-state index is 0.101. The van der Waals surface area contributed by atoms with Crippen molar-refractivity contribution >= 4 is 59.7 Å². The van der Waals surface area contributed by atoms with E-state index in [9.17, 15) is 47.9 Å². The van der Waals surface area contributed by atoms with E-state index in [1.807, 2.05) is 13.0 Å². The highest BCUT2D eigenvalue weighted by atomic mass is 16.8. The summed E-state index contributed by atoms with van der Waals surface area (Å²) in [5.41, 5.74) is 1.62. The molecule has 2 fully saturated rings. The molecule has 13 atom stereocenters. The first-order valence-corrected chi connectivity index (χ1v) is 41.5. The molecule has 2 aliphatic heterocycles. The van der Waals surface area contributed by atoms with E-state index >= 15 is 0 Å². The van der Waals surface area contributed by atoms with Crippen LogP contribution in [0.25, 0.3) is 0 Å². The van der Waals surface area contributed by atoms with Crippen LogP contribution in [0.3, 0.4) is 0 Å². The van der Waals surface area contributed by atoms with Crippen molar-refractivity contribution in [3.05, 3.63) is 323 Å². The van der Waals surface area contributed by atoms with Crippen LogP contribution in [-0.2, 0) is 71.1 Å². The van der Waals surface area contributed by atoms with Gasteiger partial charge in [-0.25, -0.2) is 43.2 Å². The molecule has 24 nitrogen and oxygen atoms in total. The Labute approximate surface area is 709 Å². The van der Waals surface area contributed by atoms with Crippen molar-refractivity contribution in [2.75, 3.05) is 20.3 Å². The van der Waals surface area contributed by atoms with E-state index < -0.39 is 147 Å². The standard InChI is InChI=1S/C98H102O24/c1-67(112-90(102)70-47-25-13-26-48-70)42-20-10-41-62-77(113-97-86(121-95(107)75-57-35-18-36-58-75)84(119-93(105)73-53-31-16-32-54-73)82(117-91(103)71-49-27-14-28-50-71)79(115-97)65-110-88(100)68-43-21-11-22-44-68)61-39-8-6-4-3-5-7-9-40-63-78(64-81(99)109-2)114-98-87(122-96(108)76-59-37-19-38-60-76)85(120-94(106)74-55-33-17-34-56-74)83(118-92(104)72-51-29-15-30-52-72)80(116-98)66-111-89(101)69-45-23-12-24-46-69/h11-19,21-38,43-60,67,77-80,82-87,97-98H,3-10,20,39-42,61-66H2,1-2H3/t67-,77+,78-,79-,80-,82-,83-,84+,85+,86-,87-,97-,98-/m1/s1. The van der Waals surface area contributed by atoms with Crippen molar-refractivity contribution in [2.24, 2.45) is 0 Å². The topological polar surface area (TPSA) is 300 Å². The lowest BCUT2D eigenvalue weighted by atomic mass is 9.97. The van der Waals surface area contributed by atoms with E-state index in [-0.39, 0.29) is 63.5 Å². The Morgan fingerprint density at radius 1 is 0.270 bits per heavy atom. The lowest BCUT2D eigenvalue weighted by molar-refractivity contribution is -0.309. The summed E-state index contributed by atoms with van der Waals surface area (Å²) >= 11 is 0. The van der Waals surface area contributed by atoms with Gasteiger partial charge in [0.05, 0.1) is 81.9 Å². The largest absolute Gasteiger partial charge is 0.469 e. The van der Waals surface area contributed by atoms with Gasteiger partial charge in [-0.15, -0.1) is 0 Å². The van der Waals surface area contributed by atoms with E-state index in [0.717, 1.165) is 38.5 Å². The Bertz CT molecular complexity index is 4740. The summed E-state index contributed by atoms with van der Waals surface area (Å²) in [7, 11) is 1.24. The molecule has 9 aromatic rings. The zero-order valence-electron chi connectivity index (χ0n) is 68.2. The van der Waals surface area contributed by atoms with Gasteiger partial charge in [-0.1, -0.05) is 234 Å². The van der Waals surface area contributed by atoms with E-state index in [0.29, 0.717) is 63.4 Å². The van der Waals surface area contributed by atoms with Crippen LogP contribution in [0.2, 0.25) is 0 Å². The van der Waals surface area contributed by atoms with Crippen molar-refractivity contribution in [1.82, 2.24) is 0 Å². The molecular weight excluding hydrogens is 1560 g/mol. The summed E-state index contributed by atoms with van der Waals surface area (Å²) in [5, 5.41) is 0. The smallest absolute Gasteiger partial charge is 0.338 e. The zero-order valence-corrected chi connectivity index (χ0v) is 68.2. The van der Waals surface area contributed by atoms with Gasteiger partial charge in [-0.2, -0.15) is 0 Å². The number of rotatable bonds is 44. The Hall–Kier alpha value is -12.5. The van der Waals surface area contributed by atoms with Gasteiger partial charge in [0.1, 0.15) is 25.4 Å². The summed E-state index contributed by atoms with van der Waals surface area (Å²) in [6.07, 6.45) is -7.29. The maximum absolute atomic E-state index is 14.5. The highest BCUT2D eigenvalue weighted by Crippen LogP contribution is 2.37. The lowest BCUT2D eigenvalue weighted by Gasteiger charge is -2.45. The van der Waals surface area contributed by atoms with Crippen molar-refractivity contribution < 1.29 is 114 Å². The van der Waals surface area contributed by atoms with E-state index in [4.69, 9.17) is 66.3 Å². The molecular formula is C98H102O24. The van der Waals surface area contributed by atoms with Crippen molar-refractivity contribution in [1.29, 1.82) is 0 Å². The highest BCUT2D eigenvalue weighted by Gasteiger charge is 2.56. The second kappa shape index (κ2) is 48.1. The molecule has 0 saturated carbocycles. The van der Waals surface area contributed by atoms with E-state index in [1.165, 1.54) is 43.5 Å². The minimum Gasteiger partial charge on any atom is -0.469 e. The Morgan fingerprint density at radius 3 is 0.795 bits per heavy atom. The quantitative estimate of drug-likeness (QED) is 0.0195. The second-order valence-corrected chi connectivity index (χ2v) is 29.7. The number of benzene rings is 9. The van der Waals surface area contributed by atoms with Crippen LogP contribution in [-0.4, -0.2) is 160 Å². The van der Waals surface area contributed by atoms with Crippen molar-refractivity contribution in [2.45, 2.75) is 196 Å². The lowest BCUT2D eigenvalue weighted by Crippen LogP contribution is -2.63. The number of unbranched alkanes of at least 4 members (excludes halogenated alkanes) is 10. The fourth-order valence-electron chi connectivity index (χ4n) is 14.3. The van der Waals surface area contributed by atoms with Crippen LogP contribution in [0, 0.1) is 0 Å². The number of ether oxygens (including phenoxy) is 14. The number of carbonyl (C=O) groups excluding carboxylic acids is 10. The first-order valence-electron chi connectivity index (χ1n) is 41.5. The normalized spacial score (nSPS) is 19.3. The maximum Gasteiger partial charge on any atom is 0.338 e. The van der Waals surface area contributed by atoms with Gasteiger partial charge >= 0.3 is 59.7 Å². The van der Waals surface area contributed by atoms with E-state index in [2.05, 4.69) is 0 Å². The first-order chi connectivity index (χ1) is 59.5. The summed E-state index contributed by atoms with van der Waals surface area (Å²) < 4.78 is 88.1. The highest BCUT2D eigenvalue weighted by molar-refractivity contribution is 5.94. The Kier molecular flexibility index (Phi) is 35.6. The van der Waals surface area contributed by atoms with Crippen LogP contribution in [0.4, 0.5) is 0 Å². The van der Waals surface area contributed by atoms with Gasteiger partial charge in [0, 0.05) is 0 Å². The molecule has 0 aliphatic carbocycles. The predicted octanol–water partition coefficient (Wildman–Crippen LogP) is 17.3. The number of hydrogen-bond donors (Lipinski definition) is 0. The molecule has 0 bridgehead atoms. The van der Waals surface area contributed by atoms with Gasteiger partial charge in [0.2, 0.25) is 0 Å². The molecule has 9 aromatic carbocycles. The molecule has 2 heterocycles. The van der Waals surface area contributed by atoms with Gasteiger partial charge in [0.15, 0.2) is 49.2 Å². The van der Waals surface area contributed by atoms with Gasteiger partial charge in [0.25, 0.3) is 0 Å². The molecule has 122 heavy (non-hydrogen) atoms. The average Bonchev–Trinajstić information content (AvgIpc) is 0.777. The van der Waals surface area contributed by atoms with Crippen LogP contribution in [0.1, 0.15) is 209 Å². The number of methoxy groups -OCH3 is 1. The monoisotopic (exact) mass is 1660 g/mol. The molecule has 24 heteroatoms. The van der Waals surface area contributed by atoms with Crippen LogP contribution >= 0.6 is 0 Å². The third kappa shape index (κ3) is 27.8.